The van der Waals surface area contributed by atoms with E-state index in [0.717, 1.165) is 6.07 Å². The van der Waals surface area contributed by atoms with Crippen LogP contribution in [0.5, 0.6) is 5.75 Å². The van der Waals surface area contributed by atoms with Crippen LogP contribution in [-0.2, 0) is 6.54 Å². The predicted molar refractivity (Wildman–Crippen MR) is 49.0 cm³/mol. The lowest BCUT2D eigenvalue weighted by atomic mass is 10.1. The van der Waals surface area contributed by atoms with Crippen LogP contribution in [0.2, 0.25) is 0 Å². The second kappa shape index (κ2) is 3.58. The molecule has 0 saturated carbocycles. The molecule has 2 amide bonds. The topological polar surface area (TPSA) is 50.4 Å². The normalized spacial score (nSPS) is 14.8. The number of carbonyl (C=O) groups is 1. The molecule has 0 unspecified atom stereocenters. The summed E-state index contributed by atoms with van der Waals surface area (Å²) in [7, 11) is 0. The highest BCUT2D eigenvalue weighted by Crippen LogP contribution is 2.28. The van der Waals surface area contributed by atoms with E-state index in [0.29, 0.717) is 11.3 Å². The van der Waals surface area contributed by atoms with E-state index in [2.05, 4.69) is 15.4 Å². The maximum absolute atomic E-state index is 11.9. The highest BCUT2D eigenvalue weighted by molar-refractivity contribution is 5.92. The van der Waals surface area contributed by atoms with E-state index in [1.807, 2.05) is 0 Å². The molecule has 0 aliphatic carbocycles. The summed E-state index contributed by atoms with van der Waals surface area (Å²) in [5, 5.41) is 4.90. The van der Waals surface area contributed by atoms with Crippen molar-refractivity contribution >= 4 is 11.7 Å². The fourth-order valence-electron chi connectivity index (χ4n) is 1.38. The van der Waals surface area contributed by atoms with Crippen LogP contribution in [0, 0.1) is 0 Å². The zero-order valence-corrected chi connectivity index (χ0v) is 7.89. The molecule has 16 heavy (non-hydrogen) atoms. The van der Waals surface area contributed by atoms with Crippen molar-refractivity contribution in [2.45, 2.75) is 12.9 Å². The van der Waals surface area contributed by atoms with Gasteiger partial charge in [-0.05, 0) is 23.8 Å². The van der Waals surface area contributed by atoms with Gasteiger partial charge in [0.2, 0.25) is 0 Å². The summed E-state index contributed by atoms with van der Waals surface area (Å²) in [4.78, 5) is 10.9. The first-order valence-electron chi connectivity index (χ1n) is 4.37. The van der Waals surface area contributed by atoms with Gasteiger partial charge in [-0.25, -0.2) is 4.79 Å². The first kappa shape index (κ1) is 10.6. The molecule has 1 aromatic carbocycles. The molecule has 1 aliphatic rings. The van der Waals surface area contributed by atoms with Crippen molar-refractivity contribution in [3.05, 3.63) is 23.8 Å². The van der Waals surface area contributed by atoms with Gasteiger partial charge in [0.15, 0.2) is 0 Å². The van der Waals surface area contributed by atoms with Crippen LogP contribution in [0.25, 0.3) is 0 Å². The minimum Gasteiger partial charge on any atom is -0.406 e. The second-order valence-corrected chi connectivity index (χ2v) is 3.17. The number of amides is 2. The molecular formula is C9H7F3N2O2. The van der Waals surface area contributed by atoms with Gasteiger partial charge in [0.25, 0.3) is 0 Å². The smallest absolute Gasteiger partial charge is 0.406 e. The maximum Gasteiger partial charge on any atom is 0.573 e. The number of benzene rings is 1. The standard InChI is InChI=1S/C9H7F3N2O2/c10-9(11,12)16-6-1-2-7-5(3-6)4-13-8(15)14-7/h1-3H,4H2,(H2,13,14,15). The van der Waals surface area contributed by atoms with Crippen LogP contribution in [0.15, 0.2) is 18.2 Å². The molecule has 0 atom stereocenters. The third-order valence-corrected chi connectivity index (χ3v) is 2.00. The minimum atomic E-state index is -4.71. The number of fused-ring (bicyclic) bond motifs is 1. The number of carbonyl (C=O) groups excluding carboxylic acids is 1. The van der Waals surface area contributed by atoms with Crippen LogP contribution >= 0.6 is 0 Å². The van der Waals surface area contributed by atoms with Crippen LogP contribution in [0.4, 0.5) is 23.7 Å². The van der Waals surface area contributed by atoms with E-state index in [9.17, 15) is 18.0 Å². The summed E-state index contributed by atoms with van der Waals surface area (Å²) in [6, 6.07) is 3.37. The molecule has 1 heterocycles. The Balaban J connectivity index is 2.23. The highest BCUT2D eigenvalue weighted by atomic mass is 19.4. The van der Waals surface area contributed by atoms with Crippen molar-refractivity contribution in [3.63, 3.8) is 0 Å². The molecule has 2 rings (SSSR count). The van der Waals surface area contributed by atoms with Gasteiger partial charge >= 0.3 is 12.4 Å². The van der Waals surface area contributed by atoms with Gasteiger partial charge in [-0.2, -0.15) is 0 Å². The number of hydrogen-bond acceptors (Lipinski definition) is 2. The lowest BCUT2D eigenvalue weighted by Gasteiger charge is -2.19. The van der Waals surface area contributed by atoms with Crippen LogP contribution in [0.1, 0.15) is 5.56 Å². The Kier molecular flexibility index (Phi) is 2.37. The van der Waals surface area contributed by atoms with Gasteiger partial charge < -0.3 is 15.4 Å². The number of alkyl halides is 3. The van der Waals surface area contributed by atoms with Crippen LogP contribution in [0.3, 0.4) is 0 Å². The molecule has 0 saturated heterocycles. The summed E-state index contributed by atoms with van der Waals surface area (Å²) in [6.07, 6.45) is -4.71. The van der Waals surface area contributed by atoms with Gasteiger partial charge in [0, 0.05) is 12.2 Å². The molecule has 86 valence electrons. The largest absolute Gasteiger partial charge is 0.573 e. The zero-order valence-electron chi connectivity index (χ0n) is 7.89. The van der Waals surface area contributed by atoms with Crippen LogP contribution < -0.4 is 15.4 Å². The number of nitrogens with one attached hydrogen (secondary N) is 2. The Morgan fingerprint density at radius 1 is 1.31 bits per heavy atom. The SMILES string of the molecule is O=C1NCc2cc(OC(F)(F)F)ccc2N1. The molecule has 1 aromatic rings. The highest BCUT2D eigenvalue weighted by Gasteiger charge is 2.31. The van der Waals surface area contributed by atoms with Gasteiger partial charge in [0.1, 0.15) is 5.75 Å². The maximum atomic E-state index is 11.9. The summed E-state index contributed by atoms with van der Waals surface area (Å²) < 4.78 is 39.5. The molecule has 0 bridgehead atoms. The fourth-order valence-corrected chi connectivity index (χ4v) is 1.38. The first-order chi connectivity index (χ1) is 7.44. The first-order valence-corrected chi connectivity index (χ1v) is 4.37. The third kappa shape index (κ3) is 2.36. The monoisotopic (exact) mass is 232 g/mol. The van der Waals surface area contributed by atoms with E-state index in [-0.39, 0.29) is 18.3 Å². The summed E-state index contributed by atoms with van der Waals surface area (Å²) in [5.74, 6) is -0.302. The van der Waals surface area contributed by atoms with E-state index in [1.165, 1.54) is 12.1 Å². The number of anilines is 1. The summed E-state index contributed by atoms with van der Waals surface area (Å²) in [5.41, 5.74) is 1.03. The second-order valence-electron chi connectivity index (χ2n) is 3.17. The number of urea groups is 1. The molecule has 0 aromatic heterocycles. The third-order valence-electron chi connectivity index (χ3n) is 2.00. The van der Waals surface area contributed by atoms with Crippen molar-refractivity contribution in [1.82, 2.24) is 5.32 Å². The van der Waals surface area contributed by atoms with E-state index < -0.39 is 6.36 Å². The average Bonchev–Trinajstić information content (AvgIpc) is 2.16. The molecule has 7 heteroatoms. The molecular weight excluding hydrogens is 225 g/mol. The van der Waals surface area contributed by atoms with E-state index in [1.54, 1.807) is 0 Å². The molecule has 4 nitrogen and oxygen atoms in total. The predicted octanol–water partition coefficient (Wildman–Crippen LogP) is 2.22. The Hall–Kier alpha value is -1.92. The lowest BCUT2D eigenvalue weighted by Crippen LogP contribution is -2.33. The number of ether oxygens (including phenoxy) is 1. The lowest BCUT2D eigenvalue weighted by molar-refractivity contribution is -0.274. The van der Waals surface area contributed by atoms with Gasteiger partial charge in [-0.15, -0.1) is 13.2 Å². The van der Waals surface area contributed by atoms with Gasteiger partial charge in [0.05, 0.1) is 0 Å². The summed E-state index contributed by atoms with van der Waals surface area (Å²) in [6.45, 7) is 0.177. The fraction of sp³-hybridized carbons (Fsp3) is 0.222. The van der Waals surface area contributed by atoms with Crippen molar-refractivity contribution in [2.75, 3.05) is 5.32 Å². The Bertz CT molecular complexity index is 431. The Morgan fingerprint density at radius 3 is 2.75 bits per heavy atom. The van der Waals surface area contributed by atoms with Gasteiger partial charge in [-0.3, -0.25) is 0 Å². The Labute approximate surface area is 88.4 Å². The number of halogens is 3. The number of rotatable bonds is 1. The van der Waals surface area contributed by atoms with Crippen molar-refractivity contribution in [3.8, 4) is 5.75 Å². The van der Waals surface area contributed by atoms with E-state index >= 15 is 0 Å². The van der Waals surface area contributed by atoms with Crippen molar-refractivity contribution in [1.29, 1.82) is 0 Å². The van der Waals surface area contributed by atoms with Crippen LogP contribution in [-0.4, -0.2) is 12.4 Å². The van der Waals surface area contributed by atoms with E-state index in [4.69, 9.17) is 0 Å². The van der Waals surface area contributed by atoms with Gasteiger partial charge in [-0.1, -0.05) is 0 Å². The summed E-state index contributed by atoms with van der Waals surface area (Å²) >= 11 is 0. The molecule has 0 radical (unpaired) electrons. The molecule has 2 N–H and O–H groups in total. The molecule has 0 spiro atoms. The quantitative estimate of drug-likeness (QED) is 0.779. The molecule has 0 fully saturated rings. The minimum absolute atomic E-state index is 0.177. The van der Waals surface area contributed by atoms with Crippen molar-refractivity contribution in [2.24, 2.45) is 0 Å². The van der Waals surface area contributed by atoms with Crippen molar-refractivity contribution < 1.29 is 22.7 Å². The zero-order chi connectivity index (χ0) is 11.8. The molecule has 1 aliphatic heterocycles. The Morgan fingerprint density at radius 2 is 2.06 bits per heavy atom. The average molecular weight is 232 g/mol. The number of hydrogen-bond donors (Lipinski definition) is 2.